The van der Waals surface area contributed by atoms with Crippen molar-refractivity contribution in [2.75, 3.05) is 0 Å². The fourth-order valence-corrected chi connectivity index (χ4v) is 3.13. The van der Waals surface area contributed by atoms with Gasteiger partial charge in [0, 0.05) is 18.9 Å². The second-order valence-corrected chi connectivity index (χ2v) is 9.50. The van der Waals surface area contributed by atoms with E-state index in [1.165, 1.54) is 0 Å². The van der Waals surface area contributed by atoms with Crippen molar-refractivity contribution < 1.29 is 18.5 Å². The summed E-state index contributed by atoms with van der Waals surface area (Å²) in [6.07, 6.45) is 0. The number of benzene rings is 2. The topological polar surface area (TPSA) is 55.8 Å². The van der Waals surface area contributed by atoms with Gasteiger partial charge in [0.1, 0.15) is 11.5 Å². The smallest absolute Gasteiger partial charge is 0.395 e. The second-order valence-electron chi connectivity index (χ2n) is 8.20. The third-order valence-corrected chi connectivity index (χ3v) is 4.77. The van der Waals surface area contributed by atoms with Crippen LogP contribution in [0.4, 0.5) is 0 Å². The summed E-state index contributed by atoms with van der Waals surface area (Å²) in [5, 5.41) is 0. The summed E-state index contributed by atoms with van der Waals surface area (Å²) in [5.74, 6) is 0.593. The quantitative estimate of drug-likeness (QED) is 0.574. The summed E-state index contributed by atoms with van der Waals surface area (Å²) in [6, 6.07) is 14.2. The molecule has 0 amide bonds. The molecule has 0 aliphatic carbocycles. The van der Waals surface area contributed by atoms with Crippen molar-refractivity contribution in [2.45, 2.75) is 52.4 Å². The van der Waals surface area contributed by atoms with Gasteiger partial charge in [-0.1, -0.05) is 65.8 Å². The van der Waals surface area contributed by atoms with Gasteiger partial charge in [0.2, 0.25) is 0 Å². The molecule has 2 aromatic rings. The summed E-state index contributed by atoms with van der Waals surface area (Å²) in [5.41, 5.74) is 2.25. The molecule has 6 heteroatoms. The van der Waals surface area contributed by atoms with Gasteiger partial charge in [-0.15, -0.1) is 0 Å². The van der Waals surface area contributed by atoms with E-state index in [4.69, 9.17) is 9.05 Å². The molecule has 0 saturated heterocycles. The third-order valence-electron chi connectivity index (χ3n) is 3.88. The van der Waals surface area contributed by atoms with E-state index in [9.17, 15) is 9.46 Å². The first-order chi connectivity index (χ1) is 11.4. The minimum absolute atomic E-state index is 0. The van der Waals surface area contributed by atoms with Crippen LogP contribution in [0, 0.1) is 0 Å². The Balaban J connectivity index is 0.00000338. The standard InChI is InChI=1S/C20H27O4P.Li/c1-19(2,3)15-7-11-17(12-8-15)23-25(21,22)24-18-13-9-16(10-14-18)20(4,5)6;/h7-14H,1-6H3,(H,21,22);. The zero-order valence-corrected chi connectivity index (χ0v) is 17.6. The molecule has 0 unspecified atom stereocenters. The van der Waals surface area contributed by atoms with E-state index < -0.39 is 7.82 Å². The molecule has 1 N–H and O–H groups in total. The van der Waals surface area contributed by atoms with Crippen LogP contribution in [0.25, 0.3) is 0 Å². The minimum Gasteiger partial charge on any atom is -0.395 e. The van der Waals surface area contributed by atoms with Gasteiger partial charge in [-0.2, -0.15) is 0 Å². The molecule has 2 rings (SSSR count). The van der Waals surface area contributed by atoms with Crippen LogP contribution in [-0.2, 0) is 15.4 Å². The van der Waals surface area contributed by atoms with Crippen molar-refractivity contribution in [3.05, 3.63) is 59.7 Å². The van der Waals surface area contributed by atoms with Crippen molar-refractivity contribution in [3.8, 4) is 11.5 Å². The van der Waals surface area contributed by atoms with Gasteiger partial charge >= 0.3 is 7.82 Å². The molecule has 0 aromatic heterocycles. The normalized spacial score (nSPS) is 12.3. The maximum Gasteiger partial charge on any atom is 0.584 e. The van der Waals surface area contributed by atoms with Crippen LogP contribution in [0.5, 0.6) is 11.5 Å². The van der Waals surface area contributed by atoms with Crippen molar-refractivity contribution in [3.63, 3.8) is 0 Å². The summed E-state index contributed by atoms with van der Waals surface area (Å²) in [7, 11) is -4.25. The first kappa shape index (κ1) is 22.9. The Bertz CT molecular complexity index is 693. The first-order valence-electron chi connectivity index (χ1n) is 8.30. The van der Waals surface area contributed by atoms with E-state index in [1.54, 1.807) is 24.3 Å². The van der Waals surface area contributed by atoms with Crippen molar-refractivity contribution in [2.24, 2.45) is 0 Å². The van der Waals surface area contributed by atoms with E-state index in [-0.39, 0.29) is 29.7 Å². The fourth-order valence-electron chi connectivity index (χ4n) is 2.32. The summed E-state index contributed by atoms with van der Waals surface area (Å²) in [4.78, 5) is 9.99. The molecule has 0 aliphatic rings. The monoisotopic (exact) mass is 369 g/mol. The molecule has 137 valence electrons. The number of rotatable bonds is 4. The van der Waals surface area contributed by atoms with Crippen LogP contribution in [-0.4, -0.2) is 23.8 Å². The number of hydrogen-bond donors (Lipinski definition) is 1. The maximum absolute atomic E-state index is 12.2. The van der Waals surface area contributed by atoms with Gasteiger partial charge in [0.15, 0.2) is 0 Å². The van der Waals surface area contributed by atoms with Crippen molar-refractivity contribution in [1.82, 2.24) is 0 Å². The molecular weight excluding hydrogens is 342 g/mol. The van der Waals surface area contributed by atoms with E-state index >= 15 is 0 Å². The van der Waals surface area contributed by atoms with E-state index in [2.05, 4.69) is 41.5 Å². The Morgan fingerprint density at radius 3 is 1.19 bits per heavy atom. The zero-order valence-electron chi connectivity index (χ0n) is 16.7. The fraction of sp³-hybridized carbons (Fsp3) is 0.400. The van der Waals surface area contributed by atoms with Crippen LogP contribution in [0.15, 0.2) is 48.5 Å². The van der Waals surface area contributed by atoms with Crippen LogP contribution < -0.4 is 9.05 Å². The molecule has 0 atom stereocenters. The Hall–Kier alpha value is -1.17. The van der Waals surface area contributed by atoms with Crippen LogP contribution in [0.1, 0.15) is 52.7 Å². The zero-order chi connectivity index (χ0) is 18.9. The largest absolute Gasteiger partial charge is 0.584 e. The third kappa shape index (κ3) is 6.52. The summed E-state index contributed by atoms with van der Waals surface area (Å²) >= 11 is 0. The molecule has 0 spiro atoms. The Morgan fingerprint density at radius 1 is 0.692 bits per heavy atom. The van der Waals surface area contributed by atoms with Crippen LogP contribution >= 0.6 is 7.82 Å². The van der Waals surface area contributed by atoms with Gasteiger partial charge in [0.05, 0.1) is 0 Å². The summed E-state index contributed by atoms with van der Waals surface area (Å²) in [6.45, 7) is 12.6. The average Bonchev–Trinajstić information content (AvgIpc) is 2.45. The number of hydrogen-bond acceptors (Lipinski definition) is 3. The van der Waals surface area contributed by atoms with E-state index in [0.29, 0.717) is 11.5 Å². The Kier molecular flexibility index (Phi) is 7.24. The Labute approximate surface area is 168 Å². The first-order valence-corrected chi connectivity index (χ1v) is 9.79. The molecule has 1 radical (unpaired) electrons. The molecule has 0 bridgehead atoms. The maximum atomic E-state index is 12.2. The number of phosphoric acid groups is 1. The van der Waals surface area contributed by atoms with Gasteiger partial charge in [0.25, 0.3) is 0 Å². The molecule has 0 saturated carbocycles. The summed E-state index contributed by atoms with van der Waals surface area (Å²) < 4.78 is 22.5. The van der Waals surface area contributed by atoms with Gasteiger partial charge in [-0.3, -0.25) is 4.89 Å². The SMILES string of the molecule is CC(C)(C)c1ccc(OP(=O)(O)Oc2ccc(C(C)(C)C)cc2)cc1.[Li]. The van der Waals surface area contributed by atoms with Gasteiger partial charge in [-0.05, 0) is 46.2 Å². The molecule has 0 heterocycles. The van der Waals surface area contributed by atoms with Crippen LogP contribution in [0.2, 0.25) is 0 Å². The second kappa shape index (κ2) is 8.24. The number of phosphoric ester groups is 1. The molecular formula is C20H27LiO4P. The molecule has 0 aliphatic heterocycles. The van der Waals surface area contributed by atoms with Crippen molar-refractivity contribution in [1.29, 1.82) is 0 Å². The molecule has 0 fully saturated rings. The van der Waals surface area contributed by atoms with E-state index in [0.717, 1.165) is 11.1 Å². The van der Waals surface area contributed by atoms with E-state index in [1.807, 2.05) is 24.3 Å². The van der Waals surface area contributed by atoms with Gasteiger partial charge in [-0.25, -0.2) is 4.57 Å². The predicted octanol–water partition coefficient (Wildman–Crippen LogP) is 5.46. The van der Waals surface area contributed by atoms with Crippen molar-refractivity contribution >= 4 is 26.7 Å². The van der Waals surface area contributed by atoms with Crippen LogP contribution in [0.3, 0.4) is 0 Å². The molecule has 26 heavy (non-hydrogen) atoms. The molecule has 4 nitrogen and oxygen atoms in total. The predicted molar refractivity (Wildman–Crippen MR) is 107 cm³/mol. The average molecular weight is 369 g/mol. The van der Waals surface area contributed by atoms with Gasteiger partial charge < -0.3 is 9.05 Å². The minimum atomic E-state index is -4.25. The molecule has 2 aromatic carbocycles. The Morgan fingerprint density at radius 2 is 0.962 bits per heavy atom.